The van der Waals surface area contributed by atoms with Gasteiger partial charge in [-0.15, -0.1) is 0 Å². The quantitative estimate of drug-likeness (QED) is 0.489. The second kappa shape index (κ2) is 10.7. The zero-order chi connectivity index (χ0) is 23.0. The minimum absolute atomic E-state index is 0.0401. The molecule has 1 unspecified atom stereocenters. The SMILES string of the molecule is COc1cccc(CN(CC2CC(c3ccccc3OC)=NO2)C(=O)Cc2ccccc2)c1. The first kappa shape index (κ1) is 22.4. The van der Waals surface area contributed by atoms with Crippen molar-refractivity contribution in [1.82, 2.24) is 4.90 Å². The molecule has 1 aliphatic rings. The lowest BCUT2D eigenvalue weighted by atomic mass is 10.0. The molecular weight excluding hydrogens is 416 g/mol. The lowest BCUT2D eigenvalue weighted by Gasteiger charge is -2.25. The van der Waals surface area contributed by atoms with Crippen LogP contribution in [0.2, 0.25) is 0 Å². The van der Waals surface area contributed by atoms with Crippen LogP contribution in [0, 0.1) is 0 Å². The number of rotatable bonds is 9. The number of nitrogens with zero attached hydrogens (tertiary/aromatic N) is 2. The molecule has 0 saturated carbocycles. The second-order valence-electron chi connectivity index (χ2n) is 7.96. The van der Waals surface area contributed by atoms with Gasteiger partial charge in [-0.05, 0) is 35.4 Å². The molecule has 4 rings (SSSR count). The zero-order valence-electron chi connectivity index (χ0n) is 18.9. The summed E-state index contributed by atoms with van der Waals surface area (Å²) < 4.78 is 10.8. The van der Waals surface area contributed by atoms with Crippen LogP contribution < -0.4 is 9.47 Å². The van der Waals surface area contributed by atoms with Gasteiger partial charge in [-0.3, -0.25) is 4.79 Å². The van der Waals surface area contributed by atoms with Gasteiger partial charge in [0.25, 0.3) is 0 Å². The van der Waals surface area contributed by atoms with Gasteiger partial charge in [0.15, 0.2) is 6.10 Å². The predicted molar refractivity (Wildman–Crippen MR) is 128 cm³/mol. The Morgan fingerprint density at radius 3 is 2.52 bits per heavy atom. The standard InChI is InChI=1S/C27H28N2O4/c1-31-22-12-8-11-21(15-22)18-29(27(30)16-20-9-4-3-5-10-20)19-23-17-25(28-33-23)24-13-6-7-14-26(24)32-2/h3-15,23H,16-19H2,1-2H3. The largest absolute Gasteiger partial charge is 0.497 e. The normalized spacial score (nSPS) is 14.8. The molecule has 3 aromatic rings. The maximum atomic E-state index is 13.3. The van der Waals surface area contributed by atoms with E-state index in [-0.39, 0.29) is 12.0 Å². The minimum atomic E-state index is -0.227. The Morgan fingerprint density at radius 2 is 1.73 bits per heavy atom. The molecule has 1 heterocycles. The van der Waals surface area contributed by atoms with Crippen molar-refractivity contribution in [2.75, 3.05) is 20.8 Å². The van der Waals surface area contributed by atoms with Gasteiger partial charge in [-0.25, -0.2) is 0 Å². The van der Waals surface area contributed by atoms with E-state index in [0.717, 1.165) is 33.9 Å². The van der Waals surface area contributed by atoms with Crippen LogP contribution in [0.25, 0.3) is 0 Å². The van der Waals surface area contributed by atoms with E-state index < -0.39 is 0 Å². The highest BCUT2D eigenvalue weighted by atomic mass is 16.6. The average Bonchev–Trinajstić information content (AvgIpc) is 3.32. The molecule has 0 N–H and O–H groups in total. The molecule has 0 bridgehead atoms. The Bertz CT molecular complexity index is 1110. The third kappa shape index (κ3) is 5.71. The fraction of sp³-hybridized carbons (Fsp3) is 0.259. The van der Waals surface area contributed by atoms with E-state index in [1.807, 2.05) is 83.8 Å². The fourth-order valence-corrected chi connectivity index (χ4v) is 3.94. The molecule has 0 aromatic heterocycles. The summed E-state index contributed by atoms with van der Waals surface area (Å²) in [6, 6.07) is 25.3. The van der Waals surface area contributed by atoms with Gasteiger partial charge in [0.1, 0.15) is 11.5 Å². The number of carbonyl (C=O) groups is 1. The van der Waals surface area contributed by atoms with Gasteiger partial charge < -0.3 is 19.2 Å². The zero-order valence-corrected chi connectivity index (χ0v) is 18.9. The first-order valence-corrected chi connectivity index (χ1v) is 11.0. The van der Waals surface area contributed by atoms with Crippen molar-refractivity contribution < 1.29 is 19.1 Å². The topological polar surface area (TPSA) is 60.4 Å². The van der Waals surface area contributed by atoms with Crippen LogP contribution >= 0.6 is 0 Å². The van der Waals surface area contributed by atoms with E-state index in [4.69, 9.17) is 14.3 Å². The number of hydrogen-bond acceptors (Lipinski definition) is 5. The molecule has 1 aliphatic heterocycles. The Kier molecular flexibility index (Phi) is 7.25. The highest BCUT2D eigenvalue weighted by molar-refractivity contribution is 6.03. The predicted octanol–water partition coefficient (Wildman–Crippen LogP) is 4.47. The molecule has 6 heteroatoms. The summed E-state index contributed by atoms with van der Waals surface area (Å²) in [6.45, 7) is 0.901. The van der Waals surface area contributed by atoms with Crippen molar-refractivity contribution in [3.63, 3.8) is 0 Å². The van der Waals surface area contributed by atoms with Gasteiger partial charge in [0, 0.05) is 18.5 Å². The van der Waals surface area contributed by atoms with Crippen LogP contribution in [-0.2, 0) is 22.6 Å². The van der Waals surface area contributed by atoms with Gasteiger partial charge in [-0.2, -0.15) is 0 Å². The van der Waals surface area contributed by atoms with E-state index in [1.165, 1.54) is 0 Å². The first-order chi connectivity index (χ1) is 16.2. The molecule has 170 valence electrons. The summed E-state index contributed by atoms with van der Waals surface area (Å²) in [6.07, 6.45) is 0.709. The van der Waals surface area contributed by atoms with Crippen LogP contribution in [0.4, 0.5) is 0 Å². The number of oxime groups is 1. The summed E-state index contributed by atoms with van der Waals surface area (Å²) >= 11 is 0. The Balaban J connectivity index is 1.49. The molecule has 0 aliphatic carbocycles. The molecule has 6 nitrogen and oxygen atoms in total. The van der Waals surface area contributed by atoms with Crippen LogP contribution in [0.5, 0.6) is 11.5 Å². The lowest BCUT2D eigenvalue weighted by Crippen LogP contribution is -2.38. The average molecular weight is 445 g/mol. The van der Waals surface area contributed by atoms with Gasteiger partial charge in [0.2, 0.25) is 5.91 Å². The van der Waals surface area contributed by atoms with E-state index >= 15 is 0 Å². The summed E-state index contributed by atoms with van der Waals surface area (Å²) in [5, 5.41) is 4.31. The van der Waals surface area contributed by atoms with Crippen molar-refractivity contribution in [2.24, 2.45) is 5.16 Å². The molecule has 1 atom stereocenters. The smallest absolute Gasteiger partial charge is 0.227 e. The van der Waals surface area contributed by atoms with E-state index in [0.29, 0.717) is 25.9 Å². The van der Waals surface area contributed by atoms with Crippen molar-refractivity contribution >= 4 is 11.6 Å². The lowest BCUT2D eigenvalue weighted by molar-refractivity contribution is -0.132. The van der Waals surface area contributed by atoms with Crippen molar-refractivity contribution in [1.29, 1.82) is 0 Å². The Hall–Kier alpha value is -3.80. The van der Waals surface area contributed by atoms with Gasteiger partial charge in [-0.1, -0.05) is 59.8 Å². The second-order valence-corrected chi connectivity index (χ2v) is 7.96. The number of para-hydroxylation sites is 1. The maximum Gasteiger partial charge on any atom is 0.227 e. The Labute approximate surface area is 194 Å². The number of ether oxygens (including phenoxy) is 2. The minimum Gasteiger partial charge on any atom is -0.497 e. The molecule has 1 amide bonds. The van der Waals surface area contributed by atoms with Crippen LogP contribution in [0.1, 0.15) is 23.1 Å². The number of carbonyl (C=O) groups excluding carboxylic acids is 1. The van der Waals surface area contributed by atoms with E-state index in [1.54, 1.807) is 14.2 Å². The molecule has 0 radical (unpaired) electrons. The molecule has 3 aromatic carbocycles. The van der Waals surface area contributed by atoms with Crippen molar-refractivity contribution in [2.45, 2.75) is 25.5 Å². The summed E-state index contributed by atoms with van der Waals surface area (Å²) in [5.41, 5.74) is 3.72. The summed E-state index contributed by atoms with van der Waals surface area (Å²) in [4.78, 5) is 20.9. The fourth-order valence-electron chi connectivity index (χ4n) is 3.94. The number of methoxy groups -OCH3 is 2. The van der Waals surface area contributed by atoms with E-state index in [2.05, 4.69) is 5.16 Å². The first-order valence-electron chi connectivity index (χ1n) is 11.0. The number of amides is 1. The molecule has 0 spiro atoms. The van der Waals surface area contributed by atoms with Gasteiger partial charge >= 0.3 is 0 Å². The highest BCUT2D eigenvalue weighted by Crippen LogP contribution is 2.25. The van der Waals surface area contributed by atoms with Crippen LogP contribution in [0.3, 0.4) is 0 Å². The van der Waals surface area contributed by atoms with Crippen molar-refractivity contribution in [3.05, 3.63) is 95.6 Å². The van der Waals surface area contributed by atoms with Gasteiger partial charge in [0.05, 0.1) is 32.9 Å². The monoisotopic (exact) mass is 444 g/mol. The third-order valence-corrected chi connectivity index (χ3v) is 5.63. The molecule has 33 heavy (non-hydrogen) atoms. The number of hydrogen-bond donors (Lipinski definition) is 0. The third-order valence-electron chi connectivity index (χ3n) is 5.63. The highest BCUT2D eigenvalue weighted by Gasteiger charge is 2.28. The summed E-state index contributed by atoms with van der Waals surface area (Å²) in [5.74, 6) is 1.56. The molecular formula is C27H28N2O4. The van der Waals surface area contributed by atoms with Crippen molar-refractivity contribution in [3.8, 4) is 11.5 Å². The number of benzene rings is 3. The van der Waals surface area contributed by atoms with Crippen LogP contribution in [-0.4, -0.2) is 43.4 Å². The molecule has 0 fully saturated rings. The Morgan fingerprint density at radius 1 is 0.970 bits per heavy atom. The maximum absolute atomic E-state index is 13.3. The van der Waals surface area contributed by atoms with E-state index in [9.17, 15) is 4.79 Å². The molecule has 0 saturated heterocycles. The summed E-state index contributed by atoms with van der Waals surface area (Å²) in [7, 11) is 3.28. The van der Waals surface area contributed by atoms with Crippen LogP contribution in [0.15, 0.2) is 84.0 Å².